The first kappa shape index (κ1) is 12.7. The molecule has 0 radical (unpaired) electrons. The molecule has 0 fully saturated rings. The van der Waals surface area contributed by atoms with Gasteiger partial charge in [-0.25, -0.2) is 0 Å². The first-order chi connectivity index (χ1) is 6.04. The molecule has 0 saturated carbocycles. The lowest BCUT2D eigenvalue weighted by atomic mass is 9.87. The molecule has 0 amide bonds. The Labute approximate surface area is 82.4 Å². The van der Waals surface area contributed by atoms with Crippen LogP contribution < -0.4 is 5.32 Å². The van der Waals surface area contributed by atoms with Crippen molar-refractivity contribution in [3.63, 3.8) is 0 Å². The van der Waals surface area contributed by atoms with Crippen LogP contribution in [0.25, 0.3) is 0 Å². The highest BCUT2D eigenvalue weighted by atomic mass is 16.5. The molecule has 1 unspecified atom stereocenters. The van der Waals surface area contributed by atoms with Gasteiger partial charge >= 0.3 is 0 Å². The summed E-state index contributed by atoms with van der Waals surface area (Å²) in [5, 5.41) is 3.42. The van der Waals surface area contributed by atoms with Gasteiger partial charge in [0.05, 0.1) is 0 Å². The van der Waals surface area contributed by atoms with Crippen LogP contribution in [-0.4, -0.2) is 26.3 Å². The van der Waals surface area contributed by atoms with Crippen LogP contribution in [0.1, 0.15) is 27.2 Å². The van der Waals surface area contributed by atoms with Crippen LogP contribution in [0.2, 0.25) is 0 Å². The van der Waals surface area contributed by atoms with Crippen LogP contribution in [0.15, 0.2) is 12.7 Å². The van der Waals surface area contributed by atoms with Crippen LogP contribution in [0.3, 0.4) is 0 Å². The van der Waals surface area contributed by atoms with Crippen LogP contribution in [0.5, 0.6) is 0 Å². The molecule has 0 aliphatic rings. The molecule has 1 N–H and O–H groups in total. The van der Waals surface area contributed by atoms with E-state index in [1.54, 1.807) is 7.11 Å². The maximum absolute atomic E-state index is 5.07. The molecule has 0 aromatic rings. The highest BCUT2D eigenvalue weighted by Crippen LogP contribution is 2.21. The van der Waals surface area contributed by atoms with Crippen molar-refractivity contribution in [2.24, 2.45) is 5.41 Å². The maximum atomic E-state index is 5.07. The van der Waals surface area contributed by atoms with E-state index in [4.69, 9.17) is 4.74 Å². The minimum Gasteiger partial charge on any atom is -0.385 e. The summed E-state index contributed by atoms with van der Waals surface area (Å²) in [4.78, 5) is 0. The van der Waals surface area contributed by atoms with Gasteiger partial charge in [-0.2, -0.15) is 0 Å². The standard InChI is InChI=1S/C11H23NO/c1-6-11(4,7-8-13-5)9-12-10(2)3/h6,10,12H,1,7-9H2,2-5H3. The Morgan fingerprint density at radius 2 is 2.15 bits per heavy atom. The van der Waals surface area contributed by atoms with Crippen LogP contribution >= 0.6 is 0 Å². The molecule has 0 spiro atoms. The number of nitrogens with one attached hydrogen (secondary N) is 1. The predicted octanol–water partition coefficient (Wildman–Crippen LogP) is 2.21. The fourth-order valence-electron chi connectivity index (χ4n) is 1.04. The van der Waals surface area contributed by atoms with E-state index in [9.17, 15) is 0 Å². The van der Waals surface area contributed by atoms with Gasteiger partial charge in [0.1, 0.15) is 0 Å². The van der Waals surface area contributed by atoms with E-state index < -0.39 is 0 Å². The Bertz CT molecular complexity index is 145. The van der Waals surface area contributed by atoms with Crippen molar-refractivity contribution in [3.05, 3.63) is 12.7 Å². The number of hydrogen-bond donors (Lipinski definition) is 1. The molecule has 78 valence electrons. The molecule has 0 saturated heterocycles. The fourth-order valence-corrected chi connectivity index (χ4v) is 1.04. The van der Waals surface area contributed by atoms with E-state index in [0.29, 0.717) is 6.04 Å². The second kappa shape index (κ2) is 6.17. The molecule has 13 heavy (non-hydrogen) atoms. The summed E-state index contributed by atoms with van der Waals surface area (Å²) in [6.07, 6.45) is 3.04. The summed E-state index contributed by atoms with van der Waals surface area (Å²) in [6.45, 7) is 12.1. The van der Waals surface area contributed by atoms with Gasteiger partial charge in [-0.1, -0.05) is 26.8 Å². The normalized spacial score (nSPS) is 15.8. The van der Waals surface area contributed by atoms with E-state index in [-0.39, 0.29) is 5.41 Å². The number of ether oxygens (including phenoxy) is 1. The van der Waals surface area contributed by atoms with Gasteiger partial charge in [0.2, 0.25) is 0 Å². The van der Waals surface area contributed by atoms with Gasteiger partial charge < -0.3 is 10.1 Å². The third-order valence-electron chi connectivity index (χ3n) is 2.28. The molecular weight excluding hydrogens is 162 g/mol. The van der Waals surface area contributed by atoms with Crippen molar-refractivity contribution in [2.75, 3.05) is 20.3 Å². The quantitative estimate of drug-likeness (QED) is 0.614. The third-order valence-corrected chi connectivity index (χ3v) is 2.28. The number of rotatable bonds is 7. The van der Waals surface area contributed by atoms with E-state index >= 15 is 0 Å². The molecule has 0 aliphatic heterocycles. The SMILES string of the molecule is C=CC(C)(CCOC)CNC(C)C. The summed E-state index contributed by atoms with van der Waals surface area (Å²) in [5.41, 5.74) is 0.153. The van der Waals surface area contributed by atoms with Crippen molar-refractivity contribution in [1.82, 2.24) is 5.32 Å². The lowest BCUT2D eigenvalue weighted by molar-refractivity contribution is 0.160. The summed E-state index contributed by atoms with van der Waals surface area (Å²) >= 11 is 0. The second-order valence-electron chi connectivity index (χ2n) is 4.14. The van der Waals surface area contributed by atoms with E-state index in [1.807, 2.05) is 6.08 Å². The minimum absolute atomic E-state index is 0.153. The Morgan fingerprint density at radius 1 is 1.54 bits per heavy atom. The van der Waals surface area contributed by atoms with Crippen LogP contribution in [-0.2, 0) is 4.74 Å². The Kier molecular flexibility index (Phi) is 6.00. The lowest BCUT2D eigenvalue weighted by Gasteiger charge is -2.27. The molecule has 0 heterocycles. The summed E-state index contributed by atoms with van der Waals surface area (Å²) in [5.74, 6) is 0. The first-order valence-electron chi connectivity index (χ1n) is 4.90. The molecule has 0 bridgehead atoms. The van der Waals surface area contributed by atoms with Crippen molar-refractivity contribution < 1.29 is 4.74 Å². The Balaban J connectivity index is 3.88. The van der Waals surface area contributed by atoms with Gasteiger partial charge in [0.15, 0.2) is 0 Å². The average Bonchev–Trinajstić information content (AvgIpc) is 2.11. The van der Waals surface area contributed by atoms with Crippen molar-refractivity contribution >= 4 is 0 Å². The highest BCUT2D eigenvalue weighted by molar-refractivity contribution is 4.93. The molecule has 0 aromatic heterocycles. The fraction of sp³-hybridized carbons (Fsp3) is 0.818. The molecule has 1 atom stereocenters. The highest BCUT2D eigenvalue weighted by Gasteiger charge is 2.19. The number of methoxy groups -OCH3 is 1. The lowest BCUT2D eigenvalue weighted by Crippen LogP contribution is -2.35. The molecular formula is C11H23NO. The zero-order valence-electron chi connectivity index (χ0n) is 9.39. The van der Waals surface area contributed by atoms with Gasteiger partial charge in [-0.05, 0) is 11.8 Å². The first-order valence-corrected chi connectivity index (χ1v) is 4.90. The molecule has 0 aromatic carbocycles. The van der Waals surface area contributed by atoms with Gasteiger partial charge in [0.25, 0.3) is 0 Å². The topological polar surface area (TPSA) is 21.3 Å². The third kappa shape index (κ3) is 5.83. The van der Waals surface area contributed by atoms with Crippen LogP contribution in [0.4, 0.5) is 0 Å². The maximum Gasteiger partial charge on any atom is 0.0470 e. The summed E-state index contributed by atoms with van der Waals surface area (Å²) < 4.78 is 5.07. The van der Waals surface area contributed by atoms with Gasteiger partial charge in [-0.15, -0.1) is 6.58 Å². The summed E-state index contributed by atoms with van der Waals surface area (Å²) in [6, 6.07) is 0.529. The van der Waals surface area contributed by atoms with E-state index in [0.717, 1.165) is 19.6 Å². The molecule has 0 rings (SSSR count). The Hall–Kier alpha value is -0.340. The minimum atomic E-state index is 0.153. The van der Waals surface area contributed by atoms with Gasteiger partial charge in [-0.3, -0.25) is 0 Å². The van der Waals surface area contributed by atoms with E-state index in [2.05, 4.69) is 32.7 Å². The van der Waals surface area contributed by atoms with Gasteiger partial charge in [0, 0.05) is 26.3 Å². The zero-order valence-corrected chi connectivity index (χ0v) is 9.39. The molecule has 2 heteroatoms. The summed E-state index contributed by atoms with van der Waals surface area (Å²) in [7, 11) is 1.74. The van der Waals surface area contributed by atoms with Crippen LogP contribution in [0, 0.1) is 5.41 Å². The largest absolute Gasteiger partial charge is 0.385 e. The second-order valence-corrected chi connectivity index (χ2v) is 4.14. The zero-order chi connectivity index (χ0) is 10.3. The Morgan fingerprint density at radius 3 is 2.54 bits per heavy atom. The number of hydrogen-bond acceptors (Lipinski definition) is 2. The van der Waals surface area contributed by atoms with Crippen molar-refractivity contribution in [3.8, 4) is 0 Å². The smallest absolute Gasteiger partial charge is 0.0470 e. The molecule has 0 aliphatic carbocycles. The van der Waals surface area contributed by atoms with Crippen molar-refractivity contribution in [1.29, 1.82) is 0 Å². The average molecular weight is 185 g/mol. The predicted molar refractivity (Wildman–Crippen MR) is 57.9 cm³/mol. The van der Waals surface area contributed by atoms with Crippen molar-refractivity contribution in [2.45, 2.75) is 33.2 Å². The molecule has 2 nitrogen and oxygen atoms in total. The van der Waals surface area contributed by atoms with E-state index in [1.165, 1.54) is 0 Å². The monoisotopic (exact) mass is 185 g/mol.